The molecule has 0 saturated carbocycles. The van der Waals surface area contributed by atoms with Gasteiger partial charge in [-0.25, -0.2) is 9.79 Å². The topological polar surface area (TPSA) is 57.2 Å². The molecule has 7 heteroatoms. The Morgan fingerprint density at radius 3 is 2.88 bits per heavy atom. The van der Waals surface area contributed by atoms with E-state index in [1.165, 1.54) is 0 Å². The summed E-state index contributed by atoms with van der Waals surface area (Å²) in [5.74, 6) is 0. The van der Waals surface area contributed by atoms with Crippen LogP contribution in [0.15, 0.2) is 4.99 Å². The number of halogens is 1. The molecule has 2 rings (SSSR count). The number of hydrazine groups is 1. The van der Waals surface area contributed by atoms with Gasteiger partial charge in [-0.2, -0.15) is 5.01 Å². The van der Waals surface area contributed by atoms with Crippen LogP contribution in [0, 0.1) is 0 Å². The Hall–Kier alpha value is -0.820. The minimum absolute atomic E-state index is 0.0226. The molecule has 2 heterocycles. The second-order valence-corrected chi connectivity index (χ2v) is 5.88. The van der Waals surface area contributed by atoms with Gasteiger partial charge in [-0.1, -0.05) is 0 Å². The van der Waals surface area contributed by atoms with E-state index >= 15 is 0 Å². The molecular weight excluding hydrogens is 288 g/mol. The molecule has 0 aliphatic carbocycles. The summed E-state index contributed by atoms with van der Waals surface area (Å²) in [7, 11) is 0. The predicted molar refractivity (Wildman–Crippen MR) is 67.8 cm³/mol. The van der Waals surface area contributed by atoms with Crippen molar-refractivity contribution in [1.29, 1.82) is 0 Å². The number of carbonyl (C=O) groups excluding carboxylic acids is 1. The van der Waals surface area contributed by atoms with E-state index < -0.39 is 5.60 Å². The Balaban J connectivity index is 1.94. The number of amides is 1. The first-order valence-corrected chi connectivity index (χ1v) is 6.39. The fourth-order valence-corrected chi connectivity index (χ4v) is 2.24. The second kappa shape index (κ2) is 4.45. The summed E-state index contributed by atoms with van der Waals surface area (Å²) in [6.45, 7) is 7.54. The quantitative estimate of drug-likeness (QED) is 0.682. The molecule has 1 saturated heterocycles. The van der Waals surface area contributed by atoms with Crippen LogP contribution in [0.25, 0.3) is 0 Å². The summed E-state index contributed by atoms with van der Waals surface area (Å²) in [5, 5.41) is 2.00. The van der Waals surface area contributed by atoms with E-state index in [0.717, 1.165) is 6.54 Å². The van der Waals surface area contributed by atoms with Crippen molar-refractivity contribution in [3.63, 3.8) is 0 Å². The monoisotopic (exact) mass is 304 g/mol. The lowest BCUT2D eigenvalue weighted by atomic mass is 10.2. The van der Waals surface area contributed by atoms with Gasteiger partial charge in [-0.15, -0.1) is 0 Å². The zero-order valence-electron chi connectivity index (χ0n) is 10.2. The van der Waals surface area contributed by atoms with Crippen LogP contribution in [0.1, 0.15) is 20.8 Å². The lowest BCUT2D eigenvalue weighted by Gasteiger charge is -2.36. The Labute approximate surface area is 109 Å². The Morgan fingerprint density at radius 1 is 1.53 bits per heavy atom. The molecule has 2 aliphatic heterocycles. The number of fused-ring (bicyclic) bond motifs is 1. The minimum Gasteiger partial charge on any atom is -0.444 e. The molecule has 2 aliphatic rings. The number of nitrogens with one attached hydrogen (secondary N) is 1. The van der Waals surface area contributed by atoms with Crippen molar-refractivity contribution in [3.05, 3.63) is 0 Å². The Kier molecular flexibility index (Phi) is 3.31. The third kappa shape index (κ3) is 3.10. The van der Waals surface area contributed by atoms with Gasteiger partial charge in [0.1, 0.15) is 11.8 Å². The first-order chi connectivity index (χ1) is 7.85. The number of hydrogen-bond donors (Lipinski definition) is 1. The fourth-order valence-electron chi connectivity index (χ4n) is 1.78. The van der Waals surface area contributed by atoms with Crippen LogP contribution >= 0.6 is 15.9 Å². The third-order valence-electron chi connectivity index (χ3n) is 2.50. The predicted octanol–water partition coefficient (Wildman–Crippen LogP) is 1.13. The van der Waals surface area contributed by atoms with Gasteiger partial charge in [-0.05, 0) is 36.7 Å². The number of carbonyl (C=O) groups is 1. The van der Waals surface area contributed by atoms with Crippen LogP contribution in [0.5, 0.6) is 0 Å². The maximum absolute atomic E-state index is 11.9. The maximum atomic E-state index is 11.9. The summed E-state index contributed by atoms with van der Waals surface area (Å²) in [5.41, 5.74) is 2.63. The van der Waals surface area contributed by atoms with Gasteiger partial charge in [0.05, 0.1) is 6.54 Å². The summed E-state index contributed by atoms with van der Waals surface area (Å²) in [4.78, 5) is 17.9. The molecule has 1 atom stereocenters. The van der Waals surface area contributed by atoms with Crippen molar-refractivity contribution in [2.45, 2.75) is 32.5 Å². The number of aliphatic imine (C=N–C) groups is 1. The van der Waals surface area contributed by atoms with E-state index in [-0.39, 0.29) is 12.3 Å². The minimum atomic E-state index is -0.452. The van der Waals surface area contributed by atoms with E-state index in [4.69, 9.17) is 4.74 Å². The van der Waals surface area contributed by atoms with E-state index in [0.29, 0.717) is 17.8 Å². The van der Waals surface area contributed by atoms with Crippen LogP contribution in [0.3, 0.4) is 0 Å². The number of hydrogen-bond acceptors (Lipinski definition) is 5. The van der Waals surface area contributed by atoms with Crippen LogP contribution in [-0.4, -0.2) is 52.1 Å². The molecule has 17 heavy (non-hydrogen) atoms. The van der Waals surface area contributed by atoms with E-state index in [1.807, 2.05) is 25.8 Å². The highest BCUT2D eigenvalue weighted by Gasteiger charge is 2.34. The zero-order chi connectivity index (χ0) is 12.6. The van der Waals surface area contributed by atoms with Crippen molar-refractivity contribution >= 4 is 26.8 Å². The maximum Gasteiger partial charge on any atom is 0.410 e. The molecule has 0 unspecified atom stereocenters. The zero-order valence-corrected chi connectivity index (χ0v) is 11.8. The number of rotatable bonds is 0. The first kappa shape index (κ1) is 12.6. The molecular formula is C10H17BrN4O2. The van der Waals surface area contributed by atoms with Crippen molar-refractivity contribution in [3.8, 4) is 0 Å². The summed E-state index contributed by atoms with van der Waals surface area (Å²) < 4.78 is 6.06. The van der Waals surface area contributed by atoms with Crippen LogP contribution in [-0.2, 0) is 4.74 Å². The average Bonchev–Trinajstić information content (AvgIpc) is 2.53. The Bertz CT molecular complexity index is 353. The van der Waals surface area contributed by atoms with Crippen molar-refractivity contribution in [2.24, 2.45) is 4.99 Å². The van der Waals surface area contributed by atoms with Crippen LogP contribution < -0.4 is 5.43 Å². The molecule has 0 aromatic heterocycles. The molecule has 0 radical (unpaired) electrons. The molecule has 0 aromatic rings. The van der Waals surface area contributed by atoms with E-state index in [1.54, 1.807) is 4.90 Å². The van der Waals surface area contributed by atoms with Gasteiger partial charge in [0, 0.05) is 13.1 Å². The molecule has 96 valence electrons. The van der Waals surface area contributed by atoms with Crippen molar-refractivity contribution < 1.29 is 9.53 Å². The highest BCUT2D eigenvalue weighted by Crippen LogP contribution is 2.17. The summed E-state index contributed by atoms with van der Waals surface area (Å²) in [6.07, 6.45) is -0.291. The van der Waals surface area contributed by atoms with Gasteiger partial charge in [0.25, 0.3) is 0 Å². The normalized spacial score (nSPS) is 25.1. The number of piperazine rings is 1. The molecule has 0 spiro atoms. The number of amidine groups is 1. The van der Waals surface area contributed by atoms with E-state index in [9.17, 15) is 4.79 Å². The highest BCUT2D eigenvalue weighted by molar-refractivity contribution is 9.18. The lowest BCUT2D eigenvalue weighted by Crippen LogP contribution is -2.56. The standard InChI is InChI=1S/C10H17BrN4O2/c1-10(2,3)17-9(16)14-4-5-15-7(6-14)12-8(11)13-15/h7H,4-6H2,1-3H3,(H,12,13)/t7-/m0/s1. The summed E-state index contributed by atoms with van der Waals surface area (Å²) >= 11 is 3.30. The number of nitrogens with zero attached hydrogens (tertiary/aromatic N) is 3. The largest absolute Gasteiger partial charge is 0.444 e. The van der Waals surface area contributed by atoms with Crippen LogP contribution in [0.2, 0.25) is 0 Å². The third-order valence-corrected chi connectivity index (χ3v) is 2.89. The van der Waals surface area contributed by atoms with E-state index in [2.05, 4.69) is 26.3 Å². The molecule has 1 N–H and O–H groups in total. The summed E-state index contributed by atoms with van der Waals surface area (Å²) in [6, 6.07) is 0. The number of ether oxygens (including phenoxy) is 1. The highest BCUT2D eigenvalue weighted by atomic mass is 79.9. The molecule has 0 bridgehead atoms. The smallest absolute Gasteiger partial charge is 0.410 e. The lowest BCUT2D eigenvalue weighted by molar-refractivity contribution is 0.00349. The van der Waals surface area contributed by atoms with Gasteiger partial charge in [-0.3, -0.25) is 5.43 Å². The van der Waals surface area contributed by atoms with Crippen LogP contribution in [0.4, 0.5) is 4.79 Å². The molecule has 1 fully saturated rings. The first-order valence-electron chi connectivity index (χ1n) is 5.60. The fraction of sp³-hybridized carbons (Fsp3) is 0.800. The Morgan fingerprint density at radius 2 is 2.24 bits per heavy atom. The molecule has 6 nitrogen and oxygen atoms in total. The molecule has 0 aromatic carbocycles. The van der Waals surface area contributed by atoms with Crippen molar-refractivity contribution in [2.75, 3.05) is 19.6 Å². The SMILES string of the molecule is CC(C)(C)OC(=O)N1CCN2NC(Br)=N[C@@H]2C1. The average molecular weight is 305 g/mol. The van der Waals surface area contributed by atoms with Crippen molar-refractivity contribution in [1.82, 2.24) is 15.3 Å². The van der Waals surface area contributed by atoms with Gasteiger partial charge in [0.2, 0.25) is 0 Å². The van der Waals surface area contributed by atoms with Gasteiger partial charge in [0.15, 0.2) is 4.74 Å². The molecule has 1 amide bonds. The van der Waals surface area contributed by atoms with Gasteiger partial charge < -0.3 is 9.64 Å². The second-order valence-electron chi connectivity index (χ2n) is 5.13. The van der Waals surface area contributed by atoms with Gasteiger partial charge >= 0.3 is 6.09 Å².